The summed E-state index contributed by atoms with van der Waals surface area (Å²) in [7, 11) is 5.22. The van der Waals surface area contributed by atoms with Crippen molar-refractivity contribution < 1.29 is 47.6 Å². The van der Waals surface area contributed by atoms with Gasteiger partial charge in [-0.1, -0.05) is 42.5 Å². The van der Waals surface area contributed by atoms with Crippen LogP contribution < -0.4 is 16.3 Å². The Morgan fingerprint density at radius 3 is 2.20 bits per heavy atom. The van der Waals surface area contributed by atoms with Crippen LogP contribution in [-0.2, 0) is 68.5 Å². The average Bonchev–Trinajstić information content (AvgIpc) is 4.08. The lowest BCUT2D eigenvalue weighted by molar-refractivity contribution is -0.266. The quantitative estimate of drug-likeness (QED) is 0.0790. The summed E-state index contributed by atoms with van der Waals surface area (Å²) in [5.41, 5.74) is 6.75. The number of methoxy groups -OCH3 is 1. The van der Waals surface area contributed by atoms with Gasteiger partial charge in [0.25, 0.3) is 5.91 Å². The first-order valence-corrected chi connectivity index (χ1v) is 24.6. The number of para-hydroxylation sites is 2. The second kappa shape index (κ2) is 19.0. The van der Waals surface area contributed by atoms with Gasteiger partial charge < -0.3 is 47.8 Å². The number of aryl methyl sites for hydroxylation is 2. The van der Waals surface area contributed by atoms with Gasteiger partial charge in [0.15, 0.2) is 5.72 Å². The highest BCUT2D eigenvalue weighted by Gasteiger charge is 2.55. The number of carbonyl (C=O) groups is 4. The van der Waals surface area contributed by atoms with Crippen LogP contribution in [0.5, 0.6) is 0 Å². The van der Waals surface area contributed by atoms with Gasteiger partial charge in [-0.25, -0.2) is 4.79 Å². The Morgan fingerprint density at radius 1 is 0.803 bits per heavy atom. The number of hydrogen-bond acceptors (Lipinski definition) is 11. The van der Waals surface area contributed by atoms with Gasteiger partial charge in [0, 0.05) is 68.7 Å². The molecule has 0 aliphatic carbocycles. The Hall–Kier alpha value is -6.41. The predicted octanol–water partition coefficient (Wildman–Crippen LogP) is 5.31. The van der Waals surface area contributed by atoms with Crippen LogP contribution in [0.1, 0.15) is 72.8 Å². The lowest BCUT2D eigenvalue weighted by Crippen LogP contribution is -2.61. The van der Waals surface area contributed by atoms with Gasteiger partial charge >= 0.3 is 5.69 Å². The number of likely N-dealkylation sites (N-methyl/N-ethyl adjacent to an activating group) is 1. The monoisotopic (exact) mass is 969 g/mol. The van der Waals surface area contributed by atoms with Crippen molar-refractivity contribution in [2.45, 2.75) is 82.1 Å². The largest absolute Gasteiger partial charge is 0.379 e. The molecule has 1 unspecified atom stereocenters. The number of imide groups is 1. The fraction of sp³-hybridized carbons (Fsp3) is 0.453. The first kappa shape index (κ1) is 46.9. The number of piperidine rings is 1. The standard InChI is InChI=1S/C53H59N7O11/c1-53-49(66-4)40(29-43(71-53)59-35-13-7-5-11-32(35)45-46-34(30-54-51(46)64)44-33-12-6-8-14-36(33)60(53)48(44)47(45)59)56(2)42(62)19-21-68-23-25-70-27-26-69-24-22-67-20-9-10-31-15-16-37-39(28-31)57(3)52(65)58(37)38-17-18-41(61)55-50(38)63/h5-8,11-16,28,38,40,43,49H,9-10,17-27,29-30H2,1-4H3,(H,54,64)(H,55,61,63)/t38?,40-,43-,49-,53+/m1/s1. The Bertz CT molecular complexity index is 3330. The number of hydrogen-bond donors (Lipinski definition) is 2. The van der Waals surface area contributed by atoms with E-state index >= 15 is 0 Å². The van der Waals surface area contributed by atoms with E-state index in [1.807, 2.05) is 49.5 Å². The van der Waals surface area contributed by atoms with Gasteiger partial charge in [-0.05, 0) is 61.6 Å². The number of nitrogens with zero attached hydrogens (tertiary/aromatic N) is 5. The molecule has 2 fully saturated rings. The van der Waals surface area contributed by atoms with E-state index in [1.165, 1.54) is 4.57 Å². The van der Waals surface area contributed by atoms with E-state index in [2.05, 4.69) is 51.0 Å². The Morgan fingerprint density at radius 2 is 1.48 bits per heavy atom. The summed E-state index contributed by atoms with van der Waals surface area (Å²) in [6.45, 7) is 5.67. The SMILES string of the molecule is CO[C@@H]1[C@H](N(C)C(=O)CCOCCOCCOCCOCCCc2ccc3c(c2)n(C)c(=O)n3C2CCC(=O)NC2=O)C[C@H]2O[C@]1(C)n1c3ccccc3c3c4c(c5c6ccccc6n2c5c31)C(=O)NC4. The van der Waals surface area contributed by atoms with Crippen LogP contribution in [0.2, 0.25) is 0 Å². The van der Waals surface area contributed by atoms with E-state index in [0.717, 1.165) is 78.7 Å². The molecule has 0 saturated carbocycles. The lowest BCUT2D eigenvalue weighted by atomic mass is 9.91. The summed E-state index contributed by atoms with van der Waals surface area (Å²) in [4.78, 5) is 66.7. The van der Waals surface area contributed by atoms with E-state index in [1.54, 1.807) is 23.6 Å². The van der Waals surface area contributed by atoms with Crippen molar-refractivity contribution in [1.29, 1.82) is 0 Å². The normalized spacial score (nSPS) is 21.8. The average molecular weight is 970 g/mol. The minimum absolute atomic E-state index is 0.0668. The number of nitrogens with one attached hydrogen (secondary N) is 2. The molecule has 0 radical (unpaired) electrons. The molecule has 7 heterocycles. The number of ether oxygens (including phenoxy) is 6. The molecule has 2 bridgehead atoms. The maximum Gasteiger partial charge on any atom is 0.329 e. The van der Waals surface area contributed by atoms with Gasteiger partial charge in [-0.2, -0.15) is 0 Å². The van der Waals surface area contributed by atoms with Gasteiger partial charge in [0.05, 0.1) is 97.4 Å². The molecule has 11 rings (SSSR count). The highest BCUT2D eigenvalue weighted by atomic mass is 16.6. The number of aromatic nitrogens is 4. The van der Waals surface area contributed by atoms with Crippen LogP contribution in [0.4, 0.5) is 0 Å². The molecule has 4 aromatic carbocycles. The number of rotatable bonds is 19. The molecule has 7 aromatic rings. The number of carbonyl (C=O) groups excluding carboxylic acids is 4. The van der Waals surface area contributed by atoms with Gasteiger partial charge in [0.2, 0.25) is 17.7 Å². The van der Waals surface area contributed by atoms with Crippen molar-refractivity contribution in [3.05, 3.63) is 93.9 Å². The maximum atomic E-state index is 14.0. The molecule has 4 amide bonds. The van der Waals surface area contributed by atoms with Crippen molar-refractivity contribution in [1.82, 2.24) is 33.8 Å². The molecular weight excluding hydrogens is 911 g/mol. The summed E-state index contributed by atoms with van der Waals surface area (Å²) >= 11 is 0. The zero-order valence-electron chi connectivity index (χ0n) is 40.5. The number of fused-ring (bicyclic) bond motifs is 14. The summed E-state index contributed by atoms with van der Waals surface area (Å²) in [6, 6.07) is 21.2. The predicted molar refractivity (Wildman–Crippen MR) is 264 cm³/mol. The van der Waals surface area contributed by atoms with Crippen molar-refractivity contribution in [2.24, 2.45) is 7.05 Å². The molecule has 18 heteroatoms. The van der Waals surface area contributed by atoms with Gasteiger partial charge in [0.1, 0.15) is 18.4 Å². The van der Waals surface area contributed by atoms with Crippen molar-refractivity contribution in [3.63, 3.8) is 0 Å². The van der Waals surface area contributed by atoms with E-state index in [-0.39, 0.29) is 48.9 Å². The molecular formula is C53H59N7O11. The Kier molecular flexibility index (Phi) is 12.5. The molecule has 18 nitrogen and oxygen atoms in total. The van der Waals surface area contributed by atoms with Crippen LogP contribution in [0.25, 0.3) is 54.6 Å². The van der Waals surface area contributed by atoms with E-state index < -0.39 is 30.0 Å². The molecule has 4 aliphatic heterocycles. The first-order valence-electron chi connectivity index (χ1n) is 24.6. The molecule has 71 heavy (non-hydrogen) atoms. The molecule has 372 valence electrons. The summed E-state index contributed by atoms with van der Waals surface area (Å²) in [5, 5.41) is 9.46. The first-order chi connectivity index (χ1) is 34.5. The fourth-order valence-corrected chi connectivity index (χ4v) is 11.8. The summed E-state index contributed by atoms with van der Waals surface area (Å²) in [5.74, 6) is -0.903. The number of imidazole rings is 1. The van der Waals surface area contributed by atoms with E-state index in [9.17, 15) is 24.0 Å². The summed E-state index contributed by atoms with van der Waals surface area (Å²) < 4.78 is 44.3. The third-order valence-electron chi connectivity index (χ3n) is 15.1. The van der Waals surface area contributed by atoms with Crippen molar-refractivity contribution in [2.75, 3.05) is 67.0 Å². The zero-order valence-corrected chi connectivity index (χ0v) is 40.5. The molecule has 4 aliphatic rings. The topological polar surface area (TPSA) is 188 Å². The minimum atomic E-state index is -1.04. The van der Waals surface area contributed by atoms with Crippen LogP contribution >= 0.6 is 0 Å². The van der Waals surface area contributed by atoms with Gasteiger partial charge in [-0.15, -0.1) is 0 Å². The third-order valence-corrected chi connectivity index (χ3v) is 15.1. The van der Waals surface area contributed by atoms with Crippen LogP contribution in [-0.4, -0.2) is 126 Å². The maximum absolute atomic E-state index is 14.0. The lowest BCUT2D eigenvalue weighted by Gasteiger charge is -2.50. The Balaban J connectivity index is 0.637. The zero-order chi connectivity index (χ0) is 49.1. The Labute approximate surface area is 408 Å². The van der Waals surface area contributed by atoms with Crippen LogP contribution in [0.15, 0.2) is 71.5 Å². The van der Waals surface area contributed by atoms with Crippen LogP contribution in [0, 0.1) is 0 Å². The molecule has 5 atom stereocenters. The molecule has 2 saturated heterocycles. The number of benzene rings is 4. The number of amides is 4. The fourth-order valence-electron chi connectivity index (χ4n) is 11.8. The second-order valence-corrected chi connectivity index (χ2v) is 19.1. The second-order valence-electron chi connectivity index (χ2n) is 19.1. The highest BCUT2D eigenvalue weighted by molar-refractivity contribution is 6.31. The van der Waals surface area contributed by atoms with Crippen molar-refractivity contribution in [3.8, 4) is 0 Å². The van der Waals surface area contributed by atoms with Crippen molar-refractivity contribution >= 4 is 78.3 Å². The molecule has 0 spiro atoms. The molecule has 3 aromatic heterocycles. The molecule has 2 N–H and O–H groups in total. The smallest absolute Gasteiger partial charge is 0.329 e. The third kappa shape index (κ3) is 7.82. The minimum Gasteiger partial charge on any atom is -0.379 e. The van der Waals surface area contributed by atoms with E-state index in [0.29, 0.717) is 71.2 Å². The van der Waals surface area contributed by atoms with E-state index in [4.69, 9.17) is 28.4 Å². The summed E-state index contributed by atoms with van der Waals surface area (Å²) in [6.07, 6.45) is 1.67. The highest BCUT2D eigenvalue weighted by Crippen LogP contribution is 2.54. The van der Waals surface area contributed by atoms with Crippen LogP contribution in [0.3, 0.4) is 0 Å². The van der Waals surface area contributed by atoms with Gasteiger partial charge in [-0.3, -0.25) is 33.6 Å².